The predicted molar refractivity (Wildman–Crippen MR) is 151 cm³/mol. The zero-order valence-electron chi connectivity index (χ0n) is 21.3. The molecular formula is C31H33N3O4. The van der Waals surface area contributed by atoms with E-state index in [1.807, 2.05) is 85.8 Å². The minimum absolute atomic E-state index is 0.00681. The van der Waals surface area contributed by atoms with E-state index in [0.29, 0.717) is 29.8 Å². The van der Waals surface area contributed by atoms with Gasteiger partial charge in [0.15, 0.2) is 0 Å². The molecule has 4 aromatic rings. The quantitative estimate of drug-likeness (QED) is 0.170. The molecule has 6 N–H and O–H groups in total. The summed E-state index contributed by atoms with van der Waals surface area (Å²) in [6, 6.07) is 29.7. The number of aromatic hydroxyl groups is 1. The molecule has 7 nitrogen and oxygen atoms in total. The van der Waals surface area contributed by atoms with E-state index in [0.717, 1.165) is 22.4 Å². The summed E-state index contributed by atoms with van der Waals surface area (Å²) < 4.78 is 0. The summed E-state index contributed by atoms with van der Waals surface area (Å²) in [5, 5.41) is 38.8. The molecule has 196 valence electrons. The lowest BCUT2D eigenvalue weighted by Gasteiger charge is -2.18. The smallest absolute Gasteiger partial charge is 0.323 e. The van der Waals surface area contributed by atoms with Crippen LogP contribution in [0, 0.1) is 0 Å². The Balaban J connectivity index is 1.32. The summed E-state index contributed by atoms with van der Waals surface area (Å²) in [5.74, 6) is 0.00681. The number of urea groups is 1. The Morgan fingerprint density at radius 2 is 1.63 bits per heavy atom. The summed E-state index contributed by atoms with van der Waals surface area (Å²) in [4.78, 5) is 12.8. The number of hydrogen-bond acceptors (Lipinski definition) is 5. The van der Waals surface area contributed by atoms with Gasteiger partial charge in [-0.25, -0.2) is 4.79 Å². The van der Waals surface area contributed by atoms with Gasteiger partial charge in [-0.2, -0.15) is 0 Å². The second-order valence-electron chi connectivity index (χ2n) is 9.27. The Labute approximate surface area is 222 Å². The molecule has 0 saturated heterocycles. The molecule has 7 heteroatoms. The summed E-state index contributed by atoms with van der Waals surface area (Å²) in [7, 11) is 0. The SMILES string of the molecule is C[C@@H](Cc1cccc(NC(=O)Nc2ccccc2-c2ccccc2)c1)NC[C@H](O)c1ccc(O)c(CO)c1. The van der Waals surface area contributed by atoms with Crippen LogP contribution in [0.25, 0.3) is 11.1 Å². The first kappa shape index (κ1) is 26.9. The molecular weight excluding hydrogens is 478 g/mol. The molecule has 0 bridgehead atoms. The third-order valence-corrected chi connectivity index (χ3v) is 6.31. The third-order valence-electron chi connectivity index (χ3n) is 6.31. The maximum Gasteiger partial charge on any atom is 0.323 e. The van der Waals surface area contributed by atoms with Crippen molar-refractivity contribution in [3.8, 4) is 16.9 Å². The number of anilines is 2. The van der Waals surface area contributed by atoms with Crippen LogP contribution in [0.15, 0.2) is 97.1 Å². The molecule has 0 radical (unpaired) electrons. The van der Waals surface area contributed by atoms with Gasteiger partial charge in [0, 0.05) is 29.4 Å². The van der Waals surface area contributed by atoms with Crippen molar-refractivity contribution in [2.24, 2.45) is 0 Å². The van der Waals surface area contributed by atoms with Gasteiger partial charge in [-0.15, -0.1) is 0 Å². The highest BCUT2D eigenvalue weighted by atomic mass is 16.3. The Hall–Kier alpha value is -4.17. The van der Waals surface area contributed by atoms with Crippen LogP contribution in [0.4, 0.5) is 16.2 Å². The first-order valence-electron chi connectivity index (χ1n) is 12.6. The van der Waals surface area contributed by atoms with Crippen LogP contribution in [0.3, 0.4) is 0 Å². The fraction of sp³-hybridized carbons (Fsp3) is 0.194. The molecule has 0 saturated carbocycles. The van der Waals surface area contributed by atoms with E-state index in [-0.39, 0.29) is 24.4 Å². The summed E-state index contributed by atoms with van der Waals surface area (Å²) in [6.07, 6.45) is -0.0863. The largest absolute Gasteiger partial charge is 0.508 e. The van der Waals surface area contributed by atoms with Crippen molar-refractivity contribution in [3.63, 3.8) is 0 Å². The number of carbonyl (C=O) groups excluding carboxylic acids is 1. The highest BCUT2D eigenvalue weighted by Crippen LogP contribution is 2.28. The van der Waals surface area contributed by atoms with Gasteiger partial charge in [0.2, 0.25) is 0 Å². The van der Waals surface area contributed by atoms with Crippen LogP contribution in [0.5, 0.6) is 5.75 Å². The number of rotatable bonds is 10. The van der Waals surface area contributed by atoms with Crippen LogP contribution in [0.1, 0.15) is 29.7 Å². The van der Waals surface area contributed by atoms with E-state index >= 15 is 0 Å². The number of aliphatic hydroxyl groups excluding tert-OH is 2. The standard InChI is InChI=1S/C31H33N3O4/c1-21(32-19-30(37)24-14-15-29(36)25(18-24)20-35)16-22-8-7-11-26(17-22)33-31(38)34-28-13-6-5-12-27(28)23-9-3-2-4-10-23/h2-15,17-18,21,30,32,35-37H,16,19-20H2,1H3,(H2,33,34,38)/t21-,30-/m0/s1. The maximum absolute atomic E-state index is 12.8. The lowest BCUT2D eigenvalue weighted by atomic mass is 10.0. The minimum atomic E-state index is -0.779. The summed E-state index contributed by atoms with van der Waals surface area (Å²) in [5.41, 5.74) is 5.42. The molecule has 0 heterocycles. The van der Waals surface area contributed by atoms with E-state index in [2.05, 4.69) is 16.0 Å². The van der Waals surface area contributed by atoms with Crippen molar-refractivity contribution >= 4 is 17.4 Å². The number of para-hydroxylation sites is 1. The van der Waals surface area contributed by atoms with E-state index in [1.54, 1.807) is 12.1 Å². The molecule has 0 aliphatic rings. The van der Waals surface area contributed by atoms with Crippen LogP contribution in [-0.2, 0) is 13.0 Å². The topological polar surface area (TPSA) is 114 Å². The van der Waals surface area contributed by atoms with Crippen molar-refractivity contribution in [3.05, 3.63) is 114 Å². The Kier molecular flexibility index (Phi) is 9.11. The fourth-order valence-corrected chi connectivity index (χ4v) is 4.32. The number of aliphatic hydroxyl groups is 2. The minimum Gasteiger partial charge on any atom is -0.508 e. The predicted octanol–water partition coefficient (Wildman–Crippen LogP) is 5.45. The van der Waals surface area contributed by atoms with Gasteiger partial charge in [-0.1, -0.05) is 66.7 Å². The zero-order chi connectivity index (χ0) is 26.9. The molecule has 2 atom stereocenters. The molecule has 2 amide bonds. The number of benzene rings is 4. The second-order valence-corrected chi connectivity index (χ2v) is 9.27. The number of nitrogens with one attached hydrogen (secondary N) is 3. The first-order valence-corrected chi connectivity index (χ1v) is 12.6. The van der Waals surface area contributed by atoms with E-state index < -0.39 is 6.10 Å². The van der Waals surface area contributed by atoms with Gasteiger partial charge in [0.25, 0.3) is 0 Å². The molecule has 0 aliphatic carbocycles. The van der Waals surface area contributed by atoms with Crippen molar-refractivity contribution in [2.45, 2.75) is 32.1 Å². The average Bonchev–Trinajstić information content (AvgIpc) is 2.93. The van der Waals surface area contributed by atoms with Gasteiger partial charge in [-0.05, 0) is 60.4 Å². The van der Waals surface area contributed by atoms with Crippen molar-refractivity contribution in [2.75, 3.05) is 17.2 Å². The third kappa shape index (κ3) is 7.20. The highest BCUT2D eigenvalue weighted by molar-refractivity contribution is 6.02. The van der Waals surface area contributed by atoms with Gasteiger partial charge >= 0.3 is 6.03 Å². The number of hydrogen-bond donors (Lipinski definition) is 6. The van der Waals surface area contributed by atoms with Gasteiger partial charge < -0.3 is 31.3 Å². The Morgan fingerprint density at radius 1 is 0.868 bits per heavy atom. The lowest BCUT2D eigenvalue weighted by molar-refractivity contribution is 0.170. The average molecular weight is 512 g/mol. The van der Waals surface area contributed by atoms with E-state index in [4.69, 9.17) is 0 Å². The molecule has 0 spiro atoms. The molecule has 4 rings (SSSR count). The maximum atomic E-state index is 12.8. The van der Waals surface area contributed by atoms with Crippen LogP contribution >= 0.6 is 0 Å². The zero-order valence-corrected chi connectivity index (χ0v) is 21.3. The van der Waals surface area contributed by atoms with E-state index in [9.17, 15) is 20.1 Å². The number of carbonyl (C=O) groups is 1. The Bertz CT molecular complexity index is 1360. The van der Waals surface area contributed by atoms with Gasteiger partial charge in [-0.3, -0.25) is 0 Å². The second kappa shape index (κ2) is 12.9. The fourth-order valence-electron chi connectivity index (χ4n) is 4.32. The van der Waals surface area contributed by atoms with Gasteiger partial charge in [0.05, 0.1) is 18.4 Å². The summed E-state index contributed by atoms with van der Waals surface area (Å²) in [6.45, 7) is 2.05. The van der Waals surface area contributed by atoms with Crippen molar-refractivity contribution in [1.82, 2.24) is 5.32 Å². The van der Waals surface area contributed by atoms with Gasteiger partial charge in [0.1, 0.15) is 5.75 Å². The molecule has 0 fully saturated rings. The normalized spacial score (nSPS) is 12.5. The van der Waals surface area contributed by atoms with E-state index in [1.165, 1.54) is 6.07 Å². The van der Waals surface area contributed by atoms with Crippen LogP contribution in [0.2, 0.25) is 0 Å². The van der Waals surface area contributed by atoms with Crippen LogP contribution in [-0.4, -0.2) is 33.9 Å². The highest BCUT2D eigenvalue weighted by Gasteiger charge is 2.13. The lowest BCUT2D eigenvalue weighted by Crippen LogP contribution is -2.32. The summed E-state index contributed by atoms with van der Waals surface area (Å²) >= 11 is 0. The number of phenols is 1. The van der Waals surface area contributed by atoms with Crippen molar-refractivity contribution in [1.29, 1.82) is 0 Å². The number of amides is 2. The van der Waals surface area contributed by atoms with Crippen LogP contribution < -0.4 is 16.0 Å². The molecule has 4 aromatic carbocycles. The molecule has 0 aliphatic heterocycles. The monoisotopic (exact) mass is 511 g/mol. The Morgan fingerprint density at radius 3 is 2.42 bits per heavy atom. The molecule has 0 aromatic heterocycles. The van der Waals surface area contributed by atoms with Crippen molar-refractivity contribution < 1.29 is 20.1 Å². The molecule has 0 unspecified atom stereocenters. The molecule has 38 heavy (non-hydrogen) atoms. The first-order chi connectivity index (χ1) is 18.4.